The molecule has 0 aliphatic carbocycles. The van der Waals surface area contributed by atoms with Gasteiger partial charge in [-0.25, -0.2) is 0 Å². The first-order valence-corrected chi connectivity index (χ1v) is 7.99. The van der Waals surface area contributed by atoms with E-state index in [4.69, 9.17) is 4.74 Å². The van der Waals surface area contributed by atoms with Crippen molar-refractivity contribution in [3.63, 3.8) is 0 Å². The van der Waals surface area contributed by atoms with Crippen molar-refractivity contribution in [2.24, 2.45) is 0 Å². The van der Waals surface area contributed by atoms with Crippen LogP contribution in [-0.4, -0.2) is 19.1 Å². The highest BCUT2D eigenvalue weighted by atomic mass is 16.5. The van der Waals surface area contributed by atoms with Gasteiger partial charge in [-0.15, -0.1) is 0 Å². The molecule has 4 nitrogen and oxygen atoms in total. The molecule has 0 saturated carbocycles. The van der Waals surface area contributed by atoms with Crippen molar-refractivity contribution in [2.75, 3.05) is 23.8 Å². The second-order valence-corrected chi connectivity index (χ2v) is 5.29. The lowest BCUT2D eigenvalue weighted by Gasteiger charge is -2.15. The van der Waals surface area contributed by atoms with E-state index in [0.29, 0.717) is 6.61 Å². The second-order valence-electron chi connectivity index (χ2n) is 5.29. The third-order valence-electron chi connectivity index (χ3n) is 3.63. The Bertz CT molecular complexity index is 668. The van der Waals surface area contributed by atoms with Crippen molar-refractivity contribution in [3.8, 4) is 5.75 Å². The molecule has 0 aromatic heterocycles. The van der Waals surface area contributed by atoms with E-state index in [1.165, 1.54) is 0 Å². The molecule has 0 atom stereocenters. The van der Waals surface area contributed by atoms with Gasteiger partial charge < -0.3 is 15.4 Å². The highest BCUT2D eigenvalue weighted by Crippen LogP contribution is 2.24. The van der Waals surface area contributed by atoms with Crippen LogP contribution in [0.25, 0.3) is 0 Å². The summed E-state index contributed by atoms with van der Waals surface area (Å²) in [5.41, 5.74) is 3.96. The van der Waals surface area contributed by atoms with Crippen molar-refractivity contribution in [1.29, 1.82) is 0 Å². The Labute approximate surface area is 137 Å². The number of nitrogens with one attached hydrogen (secondary N) is 2. The normalized spacial score (nSPS) is 10.2. The minimum atomic E-state index is -0.0692. The van der Waals surface area contributed by atoms with Crippen LogP contribution in [0.2, 0.25) is 0 Å². The molecule has 2 rings (SSSR count). The summed E-state index contributed by atoms with van der Waals surface area (Å²) in [5, 5.41) is 6.15. The monoisotopic (exact) mass is 312 g/mol. The summed E-state index contributed by atoms with van der Waals surface area (Å²) in [4.78, 5) is 12.3. The molecule has 0 radical (unpaired) electrons. The zero-order valence-corrected chi connectivity index (χ0v) is 14.0. The summed E-state index contributed by atoms with van der Waals surface area (Å²) in [6.45, 7) is 6.82. The van der Waals surface area contributed by atoms with Gasteiger partial charge >= 0.3 is 0 Å². The van der Waals surface area contributed by atoms with Gasteiger partial charge in [-0.1, -0.05) is 37.3 Å². The number of hydrogen-bond acceptors (Lipinski definition) is 3. The molecule has 2 aromatic carbocycles. The molecule has 2 aromatic rings. The van der Waals surface area contributed by atoms with Crippen molar-refractivity contribution in [1.82, 2.24) is 0 Å². The fourth-order valence-electron chi connectivity index (χ4n) is 2.46. The van der Waals surface area contributed by atoms with Crippen LogP contribution in [-0.2, 0) is 11.2 Å². The third kappa shape index (κ3) is 4.49. The number of para-hydroxylation sites is 3. The van der Waals surface area contributed by atoms with E-state index in [2.05, 4.69) is 17.6 Å². The fraction of sp³-hybridized carbons (Fsp3) is 0.316. The first-order chi connectivity index (χ1) is 11.2. The number of aryl methyl sites for hydroxylation is 2. The van der Waals surface area contributed by atoms with Gasteiger partial charge in [0.15, 0.2) is 0 Å². The van der Waals surface area contributed by atoms with Gasteiger partial charge in [-0.3, -0.25) is 4.79 Å². The lowest BCUT2D eigenvalue weighted by molar-refractivity contribution is -0.114. The van der Waals surface area contributed by atoms with E-state index in [1.807, 2.05) is 56.3 Å². The van der Waals surface area contributed by atoms with Crippen molar-refractivity contribution < 1.29 is 9.53 Å². The zero-order chi connectivity index (χ0) is 16.7. The quantitative estimate of drug-likeness (QED) is 0.812. The Morgan fingerprint density at radius 1 is 1.09 bits per heavy atom. The zero-order valence-electron chi connectivity index (χ0n) is 14.0. The highest BCUT2D eigenvalue weighted by molar-refractivity contribution is 5.95. The summed E-state index contributed by atoms with van der Waals surface area (Å²) in [6.07, 6.45) is 0.887. The van der Waals surface area contributed by atoms with E-state index in [9.17, 15) is 4.79 Å². The van der Waals surface area contributed by atoms with Crippen LogP contribution in [0.3, 0.4) is 0 Å². The fourth-order valence-corrected chi connectivity index (χ4v) is 2.46. The number of amides is 1. The largest absolute Gasteiger partial charge is 0.492 e. The van der Waals surface area contributed by atoms with Gasteiger partial charge in [-0.05, 0) is 43.5 Å². The molecule has 122 valence electrons. The van der Waals surface area contributed by atoms with Gasteiger partial charge in [0.05, 0.1) is 18.8 Å². The Hall–Kier alpha value is -2.49. The molecule has 0 aliphatic heterocycles. The van der Waals surface area contributed by atoms with Crippen LogP contribution in [0.1, 0.15) is 25.0 Å². The lowest BCUT2D eigenvalue weighted by Crippen LogP contribution is -2.23. The molecule has 0 unspecified atom stereocenters. The van der Waals surface area contributed by atoms with Crippen LogP contribution >= 0.6 is 0 Å². The Morgan fingerprint density at radius 2 is 1.87 bits per heavy atom. The molecule has 0 aliphatic rings. The molecule has 0 spiro atoms. The van der Waals surface area contributed by atoms with E-state index in [0.717, 1.165) is 34.7 Å². The number of ether oxygens (including phenoxy) is 1. The molecule has 0 heterocycles. The molecule has 2 N–H and O–H groups in total. The number of carbonyl (C=O) groups excluding carboxylic acids is 1. The number of rotatable bonds is 7. The predicted octanol–water partition coefficient (Wildman–Crippen LogP) is 4.01. The van der Waals surface area contributed by atoms with E-state index >= 15 is 0 Å². The van der Waals surface area contributed by atoms with Crippen LogP contribution in [0, 0.1) is 6.92 Å². The number of benzene rings is 2. The number of hydrogen-bond donors (Lipinski definition) is 2. The average Bonchev–Trinajstić information content (AvgIpc) is 2.56. The first-order valence-electron chi connectivity index (χ1n) is 7.99. The minimum absolute atomic E-state index is 0.0692. The Balaban J connectivity index is 2.01. The van der Waals surface area contributed by atoms with Crippen molar-refractivity contribution in [3.05, 3.63) is 53.6 Å². The maximum Gasteiger partial charge on any atom is 0.243 e. The van der Waals surface area contributed by atoms with Gasteiger partial charge in [0.25, 0.3) is 0 Å². The second kappa shape index (κ2) is 8.22. The smallest absolute Gasteiger partial charge is 0.243 e. The molecule has 1 amide bonds. The lowest BCUT2D eigenvalue weighted by atomic mass is 10.1. The van der Waals surface area contributed by atoms with Gasteiger partial charge in [0.2, 0.25) is 5.91 Å². The van der Waals surface area contributed by atoms with Gasteiger partial charge in [0.1, 0.15) is 5.75 Å². The summed E-state index contributed by atoms with van der Waals surface area (Å²) in [5.74, 6) is 0.688. The third-order valence-corrected chi connectivity index (χ3v) is 3.63. The number of anilines is 2. The SMILES string of the molecule is CCOc1ccccc1NCC(=O)Nc1c(C)cccc1CC. The molecule has 0 saturated heterocycles. The van der Waals surface area contributed by atoms with Gasteiger partial charge in [-0.2, -0.15) is 0 Å². The molecule has 23 heavy (non-hydrogen) atoms. The van der Waals surface area contributed by atoms with Crippen LogP contribution in [0.4, 0.5) is 11.4 Å². The number of carbonyl (C=O) groups is 1. The Kier molecular flexibility index (Phi) is 6.03. The van der Waals surface area contributed by atoms with E-state index < -0.39 is 0 Å². The van der Waals surface area contributed by atoms with E-state index in [1.54, 1.807) is 0 Å². The predicted molar refractivity (Wildman–Crippen MR) is 95.3 cm³/mol. The van der Waals surface area contributed by atoms with Crippen LogP contribution in [0.5, 0.6) is 5.75 Å². The van der Waals surface area contributed by atoms with Crippen LogP contribution < -0.4 is 15.4 Å². The van der Waals surface area contributed by atoms with Gasteiger partial charge in [0, 0.05) is 5.69 Å². The molecular formula is C19H24N2O2. The molecule has 0 bridgehead atoms. The highest BCUT2D eigenvalue weighted by Gasteiger charge is 2.09. The van der Waals surface area contributed by atoms with E-state index in [-0.39, 0.29) is 12.5 Å². The maximum absolute atomic E-state index is 12.3. The average molecular weight is 312 g/mol. The standard InChI is InChI=1S/C19H24N2O2/c1-4-15-10-8-9-14(3)19(15)21-18(22)13-20-16-11-6-7-12-17(16)23-5-2/h6-12,20H,4-5,13H2,1-3H3,(H,21,22). The molecular weight excluding hydrogens is 288 g/mol. The summed E-state index contributed by atoms with van der Waals surface area (Å²) in [6, 6.07) is 13.7. The first kappa shape index (κ1) is 16.9. The minimum Gasteiger partial charge on any atom is -0.492 e. The summed E-state index contributed by atoms with van der Waals surface area (Å²) >= 11 is 0. The maximum atomic E-state index is 12.3. The summed E-state index contributed by atoms with van der Waals surface area (Å²) < 4.78 is 5.55. The summed E-state index contributed by atoms with van der Waals surface area (Å²) in [7, 11) is 0. The Morgan fingerprint density at radius 3 is 2.61 bits per heavy atom. The molecule has 4 heteroatoms. The van der Waals surface area contributed by atoms with Crippen LogP contribution in [0.15, 0.2) is 42.5 Å². The molecule has 0 fully saturated rings. The van der Waals surface area contributed by atoms with Crippen molar-refractivity contribution in [2.45, 2.75) is 27.2 Å². The topological polar surface area (TPSA) is 50.4 Å². The van der Waals surface area contributed by atoms with Crippen molar-refractivity contribution >= 4 is 17.3 Å².